The number of aliphatic hydroxyl groups is 5. The Bertz CT molecular complexity index is 1730. The normalized spacial score (nSPS) is 21.5. The zero-order valence-electron chi connectivity index (χ0n) is 45.3. The molecule has 1 fully saturated rings. The van der Waals surface area contributed by atoms with Gasteiger partial charge in [0.25, 0.3) is 0 Å². The van der Waals surface area contributed by atoms with Crippen molar-refractivity contribution < 1.29 is 58.3 Å². The van der Waals surface area contributed by atoms with Crippen LogP contribution in [0, 0.1) is 0 Å². The maximum atomic E-state index is 12.9. The molecule has 6 unspecified atom stereocenters. The number of hydrogen-bond acceptors (Lipinski definition) is 11. The lowest BCUT2D eigenvalue weighted by atomic mass is 9.85. The van der Waals surface area contributed by atoms with E-state index in [0.29, 0.717) is 13.0 Å². The summed E-state index contributed by atoms with van der Waals surface area (Å²) in [6.45, 7) is 3.97. The van der Waals surface area contributed by atoms with Crippen LogP contribution in [0.2, 0.25) is 0 Å². The minimum atomic E-state index is -5.05. The Morgan fingerprint density at radius 3 is 1.15 bits per heavy atom. The summed E-state index contributed by atoms with van der Waals surface area (Å²) in [5, 5.41) is 50.4. The first kappa shape index (κ1) is 68.5. The highest BCUT2D eigenvalue weighted by molar-refractivity contribution is 7.47. The van der Waals surface area contributed by atoms with Gasteiger partial charge in [-0.25, -0.2) is 4.57 Å². The SMILES string of the molecule is CC/C=C\C/C=C\C/C=C\C/C=C\C/C=C\C/C=C\CCCCCCCOCC(COP(=O)(O)OC1C(O)C(O)C(O)C(O)C1O)OC(=O)CCCCCCCCC/C=C\C/C=C\C/C=C\C/C=C\C/C=C\CC. The van der Waals surface area contributed by atoms with Crippen LogP contribution in [0.15, 0.2) is 134 Å². The zero-order chi connectivity index (χ0) is 54.0. The molecule has 0 aromatic carbocycles. The smallest absolute Gasteiger partial charge is 0.457 e. The molecule has 0 aromatic heterocycles. The lowest BCUT2D eigenvalue weighted by molar-refractivity contribution is -0.220. The highest BCUT2D eigenvalue weighted by Crippen LogP contribution is 2.47. The van der Waals surface area contributed by atoms with E-state index in [9.17, 15) is 39.8 Å². The second kappa shape index (κ2) is 49.1. The van der Waals surface area contributed by atoms with E-state index in [4.69, 9.17) is 18.5 Å². The lowest BCUT2D eigenvalue weighted by Crippen LogP contribution is -2.64. The number of rotatable bonds is 46. The fourth-order valence-corrected chi connectivity index (χ4v) is 8.65. The molecule has 0 bridgehead atoms. The summed E-state index contributed by atoms with van der Waals surface area (Å²) in [7, 11) is -5.05. The average molecular weight is 1060 g/mol. The summed E-state index contributed by atoms with van der Waals surface area (Å²) in [4.78, 5) is 23.3. The molecule has 12 nitrogen and oxygen atoms in total. The highest BCUT2D eigenvalue weighted by Gasteiger charge is 2.51. The standard InChI is InChI=1S/C61H99O12P/c1-3-5-7-9-11-13-15-17-19-21-23-25-27-29-31-33-35-37-39-41-43-45-47-49-51-70-52-54(53-71-74(68,69)73-61-59(66)57(64)56(63)58(65)60(61)67)72-55(62)50-48-46-44-42-40-38-36-34-32-30-28-26-24-22-20-18-16-14-12-10-8-6-4-2/h5-8,11-14,17-20,23-26,29-32,35,37,54,56-61,63-67H,3-4,9-10,15-16,21-22,27-28,33-34,36,38-53H2,1-2H3,(H,68,69)/b7-5-,8-6-,13-11-,14-12-,19-17-,20-18-,25-23-,26-24-,31-29-,32-30-,37-35-. The third-order valence-corrected chi connectivity index (χ3v) is 13.0. The number of allylic oxidation sites excluding steroid dienone is 22. The summed E-state index contributed by atoms with van der Waals surface area (Å²) < 4.78 is 34.4. The van der Waals surface area contributed by atoms with Crippen molar-refractivity contribution in [2.45, 2.75) is 224 Å². The number of carbonyl (C=O) groups excluding carboxylic acids is 1. The van der Waals surface area contributed by atoms with Crippen LogP contribution < -0.4 is 0 Å². The van der Waals surface area contributed by atoms with Gasteiger partial charge in [-0.1, -0.05) is 199 Å². The fourth-order valence-electron chi connectivity index (χ4n) is 7.68. The van der Waals surface area contributed by atoms with Gasteiger partial charge < -0.3 is 39.9 Å². The summed E-state index contributed by atoms with van der Waals surface area (Å²) in [6, 6.07) is 0. The first-order valence-electron chi connectivity index (χ1n) is 28.0. The van der Waals surface area contributed by atoms with E-state index >= 15 is 0 Å². The van der Waals surface area contributed by atoms with Gasteiger partial charge >= 0.3 is 13.8 Å². The van der Waals surface area contributed by atoms with Crippen LogP contribution in [0.3, 0.4) is 0 Å². The Kier molecular flexibility index (Phi) is 45.4. The molecule has 1 rings (SSSR count). The maximum Gasteiger partial charge on any atom is 0.472 e. The van der Waals surface area contributed by atoms with Gasteiger partial charge in [0.05, 0.1) is 13.2 Å². The Labute approximate surface area is 447 Å². The summed E-state index contributed by atoms with van der Waals surface area (Å²) in [5.74, 6) is -0.502. The monoisotopic (exact) mass is 1050 g/mol. The van der Waals surface area contributed by atoms with E-state index < -0.39 is 63.1 Å². The van der Waals surface area contributed by atoms with E-state index in [0.717, 1.165) is 154 Å². The quantitative estimate of drug-likeness (QED) is 0.0147. The molecule has 0 amide bonds. The zero-order valence-corrected chi connectivity index (χ0v) is 46.2. The molecule has 0 saturated heterocycles. The molecule has 420 valence electrons. The van der Waals surface area contributed by atoms with Gasteiger partial charge in [-0.2, -0.15) is 0 Å². The highest BCUT2D eigenvalue weighted by atomic mass is 31.2. The first-order valence-corrected chi connectivity index (χ1v) is 29.5. The average Bonchev–Trinajstić information content (AvgIpc) is 3.39. The van der Waals surface area contributed by atoms with Crippen LogP contribution in [0.5, 0.6) is 0 Å². The molecule has 0 aromatic rings. The van der Waals surface area contributed by atoms with Crippen molar-refractivity contribution >= 4 is 13.8 Å². The van der Waals surface area contributed by atoms with Crippen molar-refractivity contribution in [2.24, 2.45) is 0 Å². The van der Waals surface area contributed by atoms with E-state index in [-0.39, 0.29) is 13.0 Å². The minimum Gasteiger partial charge on any atom is -0.457 e. The Morgan fingerprint density at radius 1 is 0.432 bits per heavy atom. The van der Waals surface area contributed by atoms with E-state index in [1.807, 2.05) is 0 Å². The number of unbranched alkanes of at least 4 members (excludes halogenated alkanes) is 12. The van der Waals surface area contributed by atoms with Crippen molar-refractivity contribution in [3.8, 4) is 0 Å². The van der Waals surface area contributed by atoms with Crippen molar-refractivity contribution in [3.63, 3.8) is 0 Å². The summed E-state index contributed by atoms with van der Waals surface area (Å²) >= 11 is 0. The molecule has 0 radical (unpaired) electrons. The number of ether oxygens (including phenoxy) is 2. The van der Waals surface area contributed by atoms with Crippen molar-refractivity contribution in [1.29, 1.82) is 0 Å². The molecule has 1 aliphatic carbocycles. The Balaban J connectivity index is 2.35. The fraction of sp³-hybridized carbons (Fsp3) is 0.623. The molecule has 0 spiro atoms. The second-order valence-electron chi connectivity index (χ2n) is 18.7. The number of hydrogen-bond donors (Lipinski definition) is 6. The number of esters is 1. The lowest BCUT2D eigenvalue weighted by Gasteiger charge is -2.41. The number of carbonyl (C=O) groups is 1. The Morgan fingerprint density at radius 2 is 0.757 bits per heavy atom. The second-order valence-corrected chi connectivity index (χ2v) is 20.1. The van der Waals surface area contributed by atoms with Crippen LogP contribution in [-0.2, 0) is 27.9 Å². The van der Waals surface area contributed by atoms with E-state index in [2.05, 4.69) is 148 Å². The third kappa shape index (κ3) is 39.8. The molecule has 0 aliphatic heterocycles. The predicted octanol–water partition coefficient (Wildman–Crippen LogP) is 13.5. The van der Waals surface area contributed by atoms with Crippen LogP contribution in [-0.4, -0.2) is 98.9 Å². The third-order valence-electron chi connectivity index (χ3n) is 12.0. The topological polar surface area (TPSA) is 192 Å². The van der Waals surface area contributed by atoms with E-state index in [1.54, 1.807) is 0 Å². The number of phosphoric acid groups is 1. The van der Waals surface area contributed by atoms with Crippen LogP contribution in [0.25, 0.3) is 0 Å². The van der Waals surface area contributed by atoms with Gasteiger partial charge in [0, 0.05) is 13.0 Å². The molecule has 13 heteroatoms. The molecular formula is C61H99O12P. The van der Waals surface area contributed by atoms with Crippen LogP contribution in [0.4, 0.5) is 0 Å². The first-order chi connectivity index (χ1) is 36.0. The molecule has 0 heterocycles. The Hall–Kier alpha value is -3.52. The van der Waals surface area contributed by atoms with Crippen molar-refractivity contribution in [1.82, 2.24) is 0 Å². The van der Waals surface area contributed by atoms with Gasteiger partial charge in [0.2, 0.25) is 0 Å². The van der Waals surface area contributed by atoms with Gasteiger partial charge in [-0.3, -0.25) is 13.8 Å². The largest absolute Gasteiger partial charge is 0.472 e. The summed E-state index contributed by atoms with van der Waals surface area (Å²) in [6.07, 6.45) is 60.8. The molecule has 1 saturated carbocycles. The van der Waals surface area contributed by atoms with Crippen molar-refractivity contribution in [3.05, 3.63) is 134 Å². The predicted molar refractivity (Wildman–Crippen MR) is 303 cm³/mol. The van der Waals surface area contributed by atoms with Crippen LogP contribution in [0.1, 0.15) is 181 Å². The van der Waals surface area contributed by atoms with Crippen LogP contribution >= 0.6 is 7.82 Å². The summed E-state index contributed by atoms with van der Waals surface area (Å²) in [5.41, 5.74) is 0. The minimum absolute atomic E-state index is 0.105. The maximum absolute atomic E-state index is 12.9. The van der Waals surface area contributed by atoms with Gasteiger partial charge in [0.15, 0.2) is 0 Å². The molecule has 74 heavy (non-hydrogen) atoms. The number of aliphatic hydroxyl groups excluding tert-OH is 5. The van der Waals surface area contributed by atoms with Crippen molar-refractivity contribution in [2.75, 3.05) is 19.8 Å². The number of phosphoric ester groups is 1. The molecular weight excluding hydrogens is 956 g/mol. The van der Waals surface area contributed by atoms with E-state index in [1.165, 1.54) is 0 Å². The molecule has 6 N–H and O–H groups in total. The molecule has 6 atom stereocenters. The van der Waals surface area contributed by atoms with Gasteiger partial charge in [0.1, 0.15) is 42.7 Å². The van der Waals surface area contributed by atoms with Gasteiger partial charge in [-0.05, 0) is 109 Å². The molecule has 1 aliphatic rings. The van der Waals surface area contributed by atoms with Gasteiger partial charge in [-0.15, -0.1) is 0 Å².